The summed E-state index contributed by atoms with van der Waals surface area (Å²) >= 11 is 0. The maximum absolute atomic E-state index is 12.8. The molecule has 8 heteroatoms. The minimum atomic E-state index is -0.518. The van der Waals surface area contributed by atoms with E-state index in [1.54, 1.807) is 24.4 Å². The van der Waals surface area contributed by atoms with Crippen LogP contribution < -0.4 is 5.43 Å². The van der Waals surface area contributed by atoms with E-state index in [-0.39, 0.29) is 11.7 Å². The summed E-state index contributed by atoms with van der Waals surface area (Å²) in [7, 11) is 1.31. The van der Waals surface area contributed by atoms with Crippen molar-refractivity contribution < 1.29 is 18.7 Å². The van der Waals surface area contributed by atoms with Crippen LogP contribution in [0.3, 0.4) is 0 Å². The van der Waals surface area contributed by atoms with E-state index in [0.717, 1.165) is 22.2 Å². The van der Waals surface area contributed by atoms with Gasteiger partial charge in [-0.1, -0.05) is 30.3 Å². The largest absolute Gasteiger partial charge is 0.463 e. The average Bonchev–Trinajstić information content (AvgIpc) is 3.65. The van der Waals surface area contributed by atoms with E-state index in [1.165, 1.54) is 7.11 Å². The van der Waals surface area contributed by atoms with Crippen molar-refractivity contribution in [1.82, 2.24) is 14.6 Å². The van der Waals surface area contributed by atoms with Crippen molar-refractivity contribution in [1.29, 1.82) is 0 Å². The van der Waals surface area contributed by atoms with Gasteiger partial charge in [-0.3, -0.25) is 4.79 Å². The SMILES string of the molecule is COC(=O)c1ccc(Cn2cc(/C=N\NC(=O)c3ccccc3-n3cccc3)c3ccccc32)o1. The van der Waals surface area contributed by atoms with Gasteiger partial charge in [-0.15, -0.1) is 0 Å². The van der Waals surface area contributed by atoms with Crippen LogP contribution >= 0.6 is 0 Å². The van der Waals surface area contributed by atoms with Crippen molar-refractivity contribution in [2.24, 2.45) is 5.10 Å². The second kappa shape index (κ2) is 9.56. The van der Waals surface area contributed by atoms with E-state index < -0.39 is 5.97 Å². The predicted molar refractivity (Wildman–Crippen MR) is 132 cm³/mol. The number of benzene rings is 2. The Morgan fingerprint density at radius 2 is 1.77 bits per heavy atom. The molecule has 0 saturated heterocycles. The Bertz CT molecular complexity index is 1530. The molecular weight excluding hydrogens is 444 g/mol. The lowest BCUT2D eigenvalue weighted by molar-refractivity contribution is 0.0562. The molecule has 1 amide bonds. The number of nitrogens with one attached hydrogen (secondary N) is 1. The number of nitrogens with zero attached hydrogens (tertiary/aromatic N) is 3. The number of methoxy groups -OCH3 is 1. The third-order valence-corrected chi connectivity index (χ3v) is 5.59. The molecule has 0 saturated carbocycles. The second-order valence-electron chi connectivity index (χ2n) is 7.79. The highest BCUT2D eigenvalue weighted by Crippen LogP contribution is 2.22. The molecule has 0 aliphatic heterocycles. The number of rotatable bonds is 7. The molecule has 8 nitrogen and oxygen atoms in total. The van der Waals surface area contributed by atoms with Gasteiger partial charge in [0.1, 0.15) is 5.76 Å². The number of carbonyl (C=O) groups is 2. The highest BCUT2D eigenvalue weighted by Gasteiger charge is 2.14. The smallest absolute Gasteiger partial charge is 0.373 e. The van der Waals surface area contributed by atoms with Gasteiger partial charge in [0.05, 0.1) is 31.1 Å². The van der Waals surface area contributed by atoms with E-state index in [1.807, 2.05) is 82.3 Å². The van der Waals surface area contributed by atoms with Crippen LogP contribution in [0.15, 0.2) is 101 Å². The van der Waals surface area contributed by atoms with Crippen molar-refractivity contribution >= 4 is 29.0 Å². The molecule has 0 unspecified atom stereocenters. The van der Waals surface area contributed by atoms with Crippen molar-refractivity contribution in [3.63, 3.8) is 0 Å². The maximum Gasteiger partial charge on any atom is 0.373 e. The predicted octanol–water partition coefficient (Wildman–Crippen LogP) is 4.62. The molecule has 3 heterocycles. The van der Waals surface area contributed by atoms with E-state index >= 15 is 0 Å². The van der Waals surface area contributed by atoms with E-state index in [9.17, 15) is 9.59 Å². The Balaban J connectivity index is 1.37. The zero-order valence-corrected chi connectivity index (χ0v) is 18.9. The first-order valence-corrected chi connectivity index (χ1v) is 10.9. The van der Waals surface area contributed by atoms with Gasteiger partial charge in [-0.05, 0) is 42.5 Å². The number of hydrazone groups is 1. The number of carbonyl (C=O) groups excluding carboxylic acids is 2. The first-order valence-electron chi connectivity index (χ1n) is 10.9. The minimum absolute atomic E-state index is 0.156. The number of fused-ring (bicyclic) bond motifs is 1. The summed E-state index contributed by atoms with van der Waals surface area (Å²) in [6, 6.07) is 22.4. The number of furan rings is 1. The molecule has 0 aliphatic rings. The van der Waals surface area contributed by atoms with Crippen molar-refractivity contribution in [2.45, 2.75) is 6.54 Å². The van der Waals surface area contributed by atoms with Gasteiger partial charge < -0.3 is 18.3 Å². The van der Waals surface area contributed by atoms with Gasteiger partial charge in [0.2, 0.25) is 5.76 Å². The molecule has 3 aromatic heterocycles. The van der Waals surface area contributed by atoms with Crippen molar-refractivity contribution in [3.05, 3.63) is 114 Å². The molecular formula is C27H22N4O4. The molecule has 0 aliphatic carbocycles. The maximum atomic E-state index is 12.8. The summed E-state index contributed by atoms with van der Waals surface area (Å²) in [5.74, 6) is -0.0519. The lowest BCUT2D eigenvalue weighted by atomic mass is 10.1. The summed E-state index contributed by atoms with van der Waals surface area (Å²) in [5, 5.41) is 5.19. The molecule has 0 spiro atoms. The Kier molecular flexibility index (Phi) is 6.00. The first-order chi connectivity index (χ1) is 17.1. The molecule has 2 aromatic carbocycles. The van der Waals surface area contributed by atoms with Crippen LogP contribution in [-0.2, 0) is 11.3 Å². The van der Waals surface area contributed by atoms with Crippen LogP contribution in [0.4, 0.5) is 0 Å². The average molecular weight is 466 g/mol. The number of amides is 1. The molecule has 35 heavy (non-hydrogen) atoms. The number of esters is 1. The van der Waals surface area contributed by atoms with Crippen LogP contribution in [0.1, 0.15) is 32.2 Å². The summed E-state index contributed by atoms with van der Waals surface area (Å²) in [4.78, 5) is 24.5. The Labute approximate surface area is 201 Å². The fraction of sp³-hybridized carbons (Fsp3) is 0.0741. The Hall–Kier alpha value is -4.85. The van der Waals surface area contributed by atoms with Crippen LogP contribution in [0, 0.1) is 0 Å². The van der Waals surface area contributed by atoms with Crippen LogP contribution in [-0.4, -0.2) is 34.3 Å². The van der Waals surface area contributed by atoms with E-state index in [2.05, 4.69) is 10.5 Å². The van der Waals surface area contributed by atoms with Crippen molar-refractivity contribution in [3.8, 4) is 5.69 Å². The lowest BCUT2D eigenvalue weighted by Gasteiger charge is -2.08. The topological polar surface area (TPSA) is 90.8 Å². The second-order valence-corrected chi connectivity index (χ2v) is 7.79. The highest BCUT2D eigenvalue weighted by atomic mass is 16.5. The number of para-hydroxylation sites is 2. The van der Waals surface area contributed by atoms with E-state index in [4.69, 9.17) is 9.15 Å². The summed E-state index contributed by atoms with van der Waals surface area (Å²) in [5.41, 5.74) is 5.72. The fourth-order valence-electron chi connectivity index (χ4n) is 3.96. The van der Waals surface area contributed by atoms with Crippen LogP contribution in [0.5, 0.6) is 0 Å². The number of hydrogen-bond acceptors (Lipinski definition) is 5. The van der Waals surface area contributed by atoms with E-state index in [0.29, 0.717) is 17.9 Å². The molecule has 0 fully saturated rings. The molecule has 5 aromatic rings. The Morgan fingerprint density at radius 1 is 1.00 bits per heavy atom. The van der Waals surface area contributed by atoms with Crippen LogP contribution in [0.25, 0.3) is 16.6 Å². The zero-order chi connectivity index (χ0) is 24.2. The van der Waals surface area contributed by atoms with Gasteiger partial charge in [-0.2, -0.15) is 5.10 Å². The number of hydrogen-bond donors (Lipinski definition) is 1. The molecule has 0 radical (unpaired) electrons. The third kappa shape index (κ3) is 4.49. The number of ether oxygens (including phenoxy) is 1. The van der Waals surface area contributed by atoms with Gasteiger partial charge in [0.15, 0.2) is 0 Å². The van der Waals surface area contributed by atoms with Gasteiger partial charge >= 0.3 is 5.97 Å². The summed E-state index contributed by atoms with van der Waals surface area (Å²) in [6.07, 6.45) is 7.32. The molecule has 0 bridgehead atoms. The highest BCUT2D eigenvalue weighted by molar-refractivity contribution is 6.01. The number of aromatic nitrogens is 2. The third-order valence-electron chi connectivity index (χ3n) is 5.59. The van der Waals surface area contributed by atoms with Gasteiger partial charge in [0.25, 0.3) is 5.91 Å². The fourth-order valence-corrected chi connectivity index (χ4v) is 3.96. The van der Waals surface area contributed by atoms with Gasteiger partial charge in [0, 0.05) is 35.1 Å². The first kappa shape index (κ1) is 22.0. The van der Waals surface area contributed by atoms with Gasteiger partial charge in [-0.25, -0.2) is 10.2 Å². The summed E-state index contributed by atoms with van der Waals surface area (Å²) < 4.78 is 14.2. The molecule has 0 atom stereocenters. The summed E-state index contributed by atoms with van der Waals surface area (Å²) in [6.45, 7) is 0.419. The molecule has 174 valence electrons. The monoisotopic (exact) mass is 466 g/mol. The normalized spacial score (nSPS) is 11.2. The van der Waals surface area contributed by atoms with Crippen LogP contribution in [0.2, 0.25) is 0 Å². The lowest BCUT2D eigenvalue weighted by Crippen LogP contribution is -2.19. The van der Waals surface area contributed by atoms with Crippen molar-refractivity contribution in [2.75, 3.05) is 7.11 Å². The quantitative estimate of drug-likeness (QED) is 0.215. The standard InChI is InChI=1S/C27H22N4O4/c1-34-27(33)25-13-12-20(35-25)18-31-17-19(21-8-2-4-10-23(21)31)16-28-29-26(32)22-9-3-5-11-24(22)30-14-6-7-15-30/h2-17H,18H2,1H3,(H,29,32)/b28-16-. The minimum Gasteiger partial charge on any atom is -0.463 e. The Morgan fingerprint density at radius 3 is 2.60 bits per heavy atom. The molecule has 5 rings (SSSR count). The molecule has 1 N–H and O–H groups in total. The zero-order valence-electron chi connectivity index (χ0n) is 18.9.